The number of rotatable bonds is 4. The van der Waals surface area contributed by atoms with E-state index in [-0.39, 0.29) is 24.1 Å². The Balaban J connectivity index is 2.02. The van der Waals surface area contributed by atoms with E-state index in [2.05, 4.69) is 11.9 Å². The van der Waals surface area contributed by atoms with Crippen molar-refractivity contribution in [2.24, 2.45) is 0 Å². The first kappa shape index (κ1) is 19.6. The van der Waals surface area contributed by atoms with E-state index in [1.165, 1.54) is 4.57 Å². The number of benzene rings is 1. The Kier molecular flexibility index (Phi) is 6.00. The number of aromatic nitrogens is 2. The molecule has 27 heavy (non-hydrogen) atoms. The Morgan fingerprint density at radius 2 is 2.07 bits per heavy atom. The summed E-state index contributed by atoms with van der Waals surface area (Å²) in [5, 5.41) is 0.569. The van der Waals surface area contributed by atoms with Crippen LogP contribution in [0.1, 0.15) is 43.9 Å². The maximum Gasteiger partial charge on any atom is 0.257 e. The highest BCUT2D eigenvalue weighted by Crippen LogP contribution is 2.23. The van der Waals surface area contributed by atoms with Gasteiger partial charge in [0.05, 0.1) is 0 Å². The number of hydrogen-bond donors (Lipinski definition) is 0. The van der Waals surface area contributed by atoms with E-state index >= 15 is 0 Å². The van der Waals surface area contributed by atoms with E-state index in [9.17, 15) is 9.59 Å². The standard InChI is InChI=1S/C21H26ClN3O2/c1-4-18-10-5-6-11-24(18)19(26)13-25-20(16-8-7-9-17(22)12-16)23-15(3)14(2)21(25)27/h7-9,12,18H,4-6,10-11,13H2,1-3H3. The number of carbonyl (C=O) groups excluding carboxylic acids is 1. The summed E-state index contributed by atoms with van der Waals surface area (Å²) >= 11 is 6.13. The highest BCUT2D eigenvalue weighted by Gasteiger charge is 2.26. The van der Waals surface area contributed by atoms with Crippen molar-refractivity contribution in [2.45, 2.75) is 59.0 Å². The molecule has 144 valence electrons. The van der Waals surface area contributed by atoms with E-state index in [0.29, 0.717) is 22.1 Å². The third-order valence-corrected chi connectivity index (χ3v) is 5.67. The maximum atomic E-state index is 13.0. The second kappa shape index (κ2) is 8.26. The first-order valence-electron chi connectivity index (χ1n) is 9.55. The van der Waals surface area contributed by atoms with Crippen molar-refractivity contribution in [1.82, 2.24) is 14.5 Å². The number of amides is 1. The van der Waals surface area contributed by atoms with Crippen LogP contribution in [-0.4, -0.2) is 32.9 Å². The van der Waals surface area contributed by atoms with Gasteiger partial charge in [0.2, 0.25) is 5.91 Å². The fourth-order valence-corrected chi connectivity index (χ4v) is 3.92. The lowest BCUT2D eigenvalue weighted by atomic mass is 10.00. The van der Waals surface area contributed by atoms with Gasteiger partial charge in [-0.05, 0) is 51.7 Å². The van der Waals surface area contributed by atoms with Crippen molar-refractivity contribution >= 4 is 17.5 Å². The molecule has 1 saturated heterocycles. The second-order valence-corrected chi connectivity index (χ2v) is 7.63. The summed E-state index contributed by atoms with van der Waals surface area (Å²) in [6, 6.07) is 7.49. The first-order valence-corrected chi connectivity index (χ1v) is 9.93. The van der Waals surface area contributed by atoms with Gasteiger partial charge in [0.25, 0.3) is 5.56 Å². The molecule has 5 nitrogen and oxygen atoms in total. The average molecular weight is 388 g/mol. The smallest absolute Gasteiger partial charge is 0.257 e. The summed E-state index contributed by atoms with van der Waals surface area (Å²) in [4.78, 5) is 32.6. The molecule has 0 spiro atoms. The van der Waals surface area contributed by atoms with E-state index in [1.54, 1.807) is 19.1 Å². The summed E-state index contributed by atoms with van der Waals surface area (Å²) in [6.07, 6.45) is 4.14. The molecule has 0 N–H and O–H groups in total. The third-order valence-electron chi connectivity index (χ3n) is 5.43. The zero-order chi connectivity index (χ0) is 19.6. The highest BCUT2D eigenvalue weighted by atomic mass is 35.5. The molecule has 0 aliphatic carbocycles. The van der Waals surface area contributed by atoms with Gasteiger partial charge in [-0.25, -0.2) is 4.98 Å². The van der Waals surface area contributed by atoms with E-state index in [4.69, 9.17) is 11.6 Å². The minimum Gasteiger partial charge on any atom is -0.338 e. The van der Waals surface area contributed by atoms with Gasteiger partial charge < -0.3 is 4.90 Å². The number of hydrogen-bond acceptors (Lipinski definition) is 3. The van der Waals surface area contributed by atoms with Crippen LogP contribution in [-0.2, 0) is 11.3 Å². The van der Waals surface area contributed by atoms with Crippen LogP contribution in [0.2, 0.25) is 5.02 Å². The number of halogens is 1. The van der Waals surface area contributed by atoms with Gasteiger partial charge in [0.1, 0.15) is 12.4 Å². The molecular formula is C21H26ClN3O2. The van der Waals surface area contributed by atoms with Crippen molar-refractivity contribution in [2.75, 3.05) is 6.54 Å². The second-order valence-electron chi connectivity index (χ2n) is 7.19. The van der Waals surface area contributed by atoms with Gasteiger partial charge in [-0.3, -0.25) is 14.2 Å². The van der Waals surface area contributed by atoms with Crippen LogP contribution in [0.25, 0.3) is 11.4 Å². The SMILES string of the molecule is CCC1CCCCN1C(=O)Cn1c(-c2cccc(Cl)c2)nc(C)c(C)c1=O. The Hall–Kier alpha value is -2.14. The molecule has 2 heterocycles. The van der Waals surface area contributed by atoms with Gasteiger partial charge >= 0.3 is 0 Å². The van der Waals surface area contributed by atoms with Gasteiger partial charge in [-0.1, -0.05) is 30.7 Å². The van der Waals surface area contributed by atoms with Crippen molar-refractivity contribution < 1.29 is 4.79 Å². The van der Waals surface area contributed by atoms with Crippen molar-refractivity contribution in [3.63, 3.8) is 0 Å². The Labute approximate surface area is 165 Å². The predicted molar refractivity (Wildman–Crippen MR) is 108 cm³/mol. The lowest BCUT2D eigenvalue weighted by Crippen LogP contribution is -2.46. The number of aryl methyl sites for hydroxylation is 1. The molecule has 0 saturated carbocycles. The minimum absolute atomic E-state index is 0.00526. The molecule has 1 unspecified atom stereocenters. The molecule has 0 radical (unpaired) electrons. The van der Waals surface area contributed by atoms with Crippen LogP contribution in [0.4, 0.5) is 0 Å². The molecule has 1 fully saturated rings. The predicted octanol–water partition coefficient (Wildman–Crippen LogP) is 3.97. The molecule has 1 atom stereocenters. The molecule has 1 aliphatic heterocycles. The van der Waals surface area contributed by atoms with Gasteiger partial charge in [0, 0.05) is 34.4 Å². The van der Waals surface area contributed by atoms with Crippen LogP contribution < -0.4 is 5.56 Å². The average Bonchev–Trinajstić information content (AvgIpc) is 2.68. The maximum absolute atomic E-state index is 13.0. The number of likely N-dealkylation sites (tertiary alicyclic amines) is 1. The van der Waals surface area contributed by atoms with Crippen LogP contribution in [0.3, 0.4) is 0 Å². The molecule has 1 aromatic carbocycles. The van der Waals surface area contributed by atoms with E-state index in [0.717, 1.165) is 37.8 Å². The molecule has 1 aliphatic rings. The van der Waals surface area contributed by atoms with Crippen LogP contribution in [0.15, 0.2) is 29.1 Å². The van der Waals surface area contributed by atoms with Crippen molar-refractivity contribution in [3.05, 3.63) is 50.9 Å². The van der Waals surface area contributed by atoms with Crippen LogP contribution in [0, 0.1) is 13.8 Å². The Morgan fingerprint density at radius 3 is 2.78 bits per heavy atom. The van der Waals surface area contributed by atoms with Gasteiger partial charge in [0.15, 0.2) is 0 Å². The topological polar surface area (TPSA) is 55.2 Å². The summed E-state index contributed by atoms with van der Waals surface area (Å²) < 4.78 is 1.50. The highest BCUT2D eigenvalue weighted by molar-refractivity contribution is 6.30. The molecule has 1 aromatic heterocycles. The first-order chi connectivity index (χ1) is 12.9. The molecule has 0 bridgehead atoms. The van der Waals surface area contributed by atoms with Gasteiger partial charge in [-0.15, -0.1) is 0 Å². The Bertz CT molecular complexity index is 907. The molecular weight excluding hydrogens is 362 g/mol. The fourth-order valence-electron chi connectivity index (χ4n) is 3.73. The monoisotopic (exact) mass is 387 g/mol. The molecule has 6 heteroatoms. The summed E-state index contributed by atoms with van der Waals surface area (Å²) in [7, 11) is 0. The zero-order valence-electron chi connectivity index (χ0n) is 16.2. The zero-order valence-corrected chi connectivity index (χ0v) is 16.9. The number of carbonyl (C=O) groups is 1. The van der Waals surface area contributed by atoms with E-state index in [1.807, 2.05) is 24.0 Å². The normalized spacial score (nSPS) is 17.2. The van der Waals surface area contributed by atoms with Crippen LogP contribution >= 0.6 is 11.6 Å². The summed E-state index contributed by atoms with van der Waals surface area (Å²) in [6.45, 7) is 6.44. The quantitative estimate of drug-likeness (QED) is 0.797. The Morgan fingerprint density at radius 1 is 1.30 bits per heavy atom. The van der Waals surface area contributed by atoms with Gasteiger partial charge in [-0.2, -0.15) is 0 Å². The lowest BCUT2D eigenvalue weighted by molar-refractivity contribution is -0.135. The van der Waals surface area contributed by atoms with Crippen molar-refractivity contribution in [3.8, 4) is 11.4 Å². The number of nitrogens with zero attached hydrogens (tertiary/aromatic N) is 3. The van der Waals surface area contributed by atoms with Crippen LogP contribution in [0.5, 0.6) is 0 Å². The summed E-state index contributed by atoms with van der Waals surface area (Å²) in [5.41, 5.74) is 1.81. The van der Waals surface area contributed by atoms with E-state index < -0.39 is 0 Å². The third kappa shape index (κ3) is 4.08. The molecule has 1 amide bonds. The molecule has 2 aromatic rings. The minimum atomic E-state index is -0.170. The van der Waals surface area contributed by atoms with Crippen molar-refractivity contribution in [1.29, 1.82) is 0 Å². The number of piperidine rings is 1. The summed E-state index contributed by atoms with van der Waals surface area (Å²) in [5.74, 6) is 0.473. The molecule has 3 rings (SSSR count). The largest absolute Gasteiger partial charge is 0.338 e. The fraction of sp³-hybridized carbons (Fsp3) is 0.476. The lowest BCUT2D eigenvalue weighted by Gasteiger charge is -2.35.